The molecule has 4 unspecified atom stereocenters. The highest BCUT2D eigenvalue weighted by atomic mass is 16.2. The zero-order valence-corrected chi connectivity index (χ0v) is 10.5. The lowest BCUT2D eigenvalue weighted by Crippen LogP contribution is -2.46. The lowest BCUT2D eigenvalue weighted by atomic mass is 9.78. The van der Waals surface area contributed by atoms with Gasteiger partial charge in [-0.05, 0) is 37.5 Å². The van der Waals surface area contributed by atoms with E-state index < -0.39 is 0 Å². The Labute approximate surface area is 98.4 Å². The second kappa shape index (κ2) is 4.74. The maximum absolute atomic E-state index is 12.3. The fraction of sp³-hybridized carbons (Fsp3) is 0.923. The van der Waals surface area contributed by atoms with Crippen molar-refractivity contribution < 1.29 is 4.79 Å². The molecule has 1 amide bonds. The first-order valence-corrected chi connectivity index (χ1v) is 6.62. The van der Waals surface area contributed by atoms with E-state index in [1.807, 2.05) is 4.90 Å². The monoisotopic (exact) mass is 224 g/mol. The molecule has 3 nitrogen and oxygen atoms in total. The normalized spacial score (nSPS) is 40.1. The summed E-state index contributed by atoms with van der Waals surface area (Å²) in [6.07, 6.45) is 4.34. The largest absolute Gasteiger partial charge is 0.342 e. The van der Waals surface area contributed by atoms with Crippen LogP contribution < -0.4 is 5.73 Å². The van der Waals surface area contributed by atoms with Gasteiger partial charge in [0, 0.05) is 19.1 Å². The number of hydrogen-bond donors (Lipinski definition) is 1. The van der Waals surface area contributed by atoms with Crippen molar-refractivity contribution in [2.24, 2.45) is 23.5 Å². The van der Waals surface area contributed by atoms with Gasteiger partial charge in [-0.25, -0.2) is 0 Å². The van der Waals surface area contributed by atoms with Crippen molar-refractivity contribution in [3.05, 3.63) is 0 Å². The summed E-state index contributed by atoms with van der Waals surface area (Å²) in [5.74, 6) is 1.74. The van der Waals surface area contributed by atoms with Gasteiger partial charge in [0.2, 0.25) is 5.91 Å². The standard InChI is InChI=1S/C13H24N2O/c1-9-3-4-12(14)11(7-9)13(16)15-6-5-10(2)8-15/h9-12H,3-8,14H2,1-2H3. The average Bonchev–Trinajstić information content (AvgIpc) is 2.67. The van der Waals surface area contributed by atoms with Gasteiger partial charge >= 0.3 is 0 Å². The van der Waals surface area contributed by atoms with Crippen LogP contribution in [0.2, 0.25) is 0 Å². The first-order chi connectivity index (χ1) is 7.58. The molecule has 3 heteroatoms. The fourth-order valence-electron chi connectivity index (χ4n) is 3.06. The average molecular weight is 224 g/mol. The highest BCUT2D eigenvalue weighted by Gasteiger charge is 2.35. The maximum atomic E-state index is 12.3. The Morgan fingerprint density at radius 3 is 2.56 bits per heavy atom. The molecule has 1 aliphatic carbocycles. The predicted octanol–water partition coefficient (Wildman–Crippen LogP) is 1.62. The molecule has 2 fully saturated rings. The van der Waals surface area contributed by atoms with Gasteiger partial charge in [0.1, 0.15) is 0 Å². The fourth-order valence-corrected chi connectivity index (χ4v) is 3.06. The van der Waals surface area contributed by atoms with Crippen LogP contribution in [-0.4, -0.2) is 29.9 Å². The van der Waals surface area contributed by atoms with E-state index in [-0.39, 0.29) is 12.0 Å². The Balaban J connectivity index is 1.97. The van der Waals surface area contributed by atoms with E-state index in [4.69, 9.17) is 5.73 Å². The summed E-state index contributed by atoms with van der Waals surface area (Å²) in [6, 6.07) is 0.0969. The van der Waals surface area contributed by atoms with Crippen LogP contribution in [0.1, 0.15) is 39.5 Å². The molecule has 0 spiro atoms. The molecular weight excluding hydrogens is 200 g/mol. The molecule has 0 bridgehead atoms. The van der Waals surface area contributed by atoms with Gasteiger partial charge in [0.15, 0.2) is 0 Å². The lowest BCUT2D eigenvalue weighted by molar-refractivity contribution is -0.136. The molecule has 92 valence electrons. The van der Waals surface area contributed by atoms with Crippen molar-refractivity contribution in [3.63, 3.8) is 0 Å². The van der Waals surface area contributed by atoms with Crippen molar-refractivity contribution in [2.75, 3.05) is 13.1 Å². The van der Waals surface area contributed by atoms with Gasteiger partial charge in [-0.1, -0.05) is 13.8 Å². The lowest BCUT2D eigenvalue weighted by Gasteiger charge is -2.34. The molecule has 1 aliphatic heterocycles. The van der Waals surface area contributed by atoms with E-state index >= 15 is 0 Å². The molecule has 2 rings (SSSR count). The highest BCUT2D eigenvalue weighted by Crippen LogP contribution is 2.30. The van der Waals surface area contributed by atoms with Crippen molar-refractivity contribution in [2.45, 2.75) is 45.6 Å². The number of rotatable bonds is 1. The first-order valence-electron chi connectivity index (χ1n) is 6.62. The Morgan fingerprint density at radius 1 is 1.19 bits per heavy atom. The molecule has 1 heterocycles. The van der Waals surface area contributed by atoms with E-state index in [2.05, 4.69) is 13.8 Å². The van der Waals surface area contributed by atoms with E-state index in [1.54, 1.807) is 0 Å². The third-order valence-electron chi connectivity index (χ3n) is 4.22. The van der Waals surface area contributed by atoms with Crippen LogP contribution in [0.5, 0.6) is 0 Å². The van der Waals surface area contributed by atoms with Gasteiger partial charge in [-0.15, -0.1) is 0 Å². The van der Waals surface area contributed by atoms with Crippen molar-refractivity contribution >= 4 is 5.91 Å². The second-order valence-electron chi connectivity index (χ2n) is 5.87. The number of carbonyl (C=O) groups excluding carboxylic acids is 1. The Morgan fingerprint density at radius 2 is 1.94 bits per heavy atom. The third kappa shape index (κ3) is 2.40. The minimum atomic E-state index is 0.0917. The van der Waals surface area contributed by atoms with E-state index in [0.29, 0.717) is 17.7 Å². The van der Waals surface area contributed by atoms with Gasteiger partial charge in [-0.3, -0.25) is 4.79 Å². The molecule has 0 aromatic heterocycles. The third-order valence-corrected chi connectivity index (χ3v) is 4.22. The van der Waals surface area contributed by atoms with Crippen LogP contribution in [0.25, 0.3) is 0 Å². The smallest absolute Gasteiger partial charge is 0.227 e. The SMILES string of the molecule is CC1CCC(N)C(C(=O)N2CCC(C)C2)C1. The highest BCUT2D eigenvalue weighted by molar-refractivity contribution is 5.80. The van der Waals surface area contributed by atoms with Gasteiger partial charge < -0.3 is 10.6 Å². The minimum absolute atomic E-state index is 0.0917. The van der Waals surface area contributed by atoms with E-state index in [0.717, 1.165) is 32.4 Å². The Kier molecular flexibility index (Phi) is 3.53. The van der Waals surface area contributed by atoms with Crippen LogP contribution in [0.3, 0.4) is 0 Å². The second-order valence-corrected chi connectivity index (χ2v) is 5.87. The van der Waals surface area contributed by atoms with Gasteiger partial charge in [0.05, 0.1) is 5.92 Å². The molecule has 0 radical (unpaired) electrons. The van der Waals surface area contributed by atoms with Crippen LogP contribution in [0.4, 0.5) is 0 Å². The molecule has 1 saturated heterocycles. The van der Waals surface area contributed by atoms with Crippen LogP contribution in [-0.2, 0) is 4.79 Å². The van der Waals surface area contributed by atoms with E-state index in [1.165, 1.54) is 6.42 Å². The maximum Gasteiger partial charge on any atom is 0.227 e. The Hall–Kier alpha value is -0.570. The summed E-state index contributed by atoms with van der Waals surface area (Å²) in [5.41, 5.74) is 6.10. The minimum Gasteiger partial charge on any atom is -0.342 e. The number of amides is 1. The summed E-state index contributed by atoms with van der Waals surface area (Å²) in [6.45, 7) is 6.34. The van der Waals surface area contributed by atoms with Crippen molar-refractivity contribution in [3.8, 4) is 0 Å². The zero-order valence-electron chi connectivity index (χ0n) is 10.5. The summed E-state index contributed by atoms with van der Waals surface area (Å²) >= 11 is 0. The molecule has 2 aliphatic rings. The number of nitrogens with two attached hydrogens (primary N) is 1. The van der Waals surface area contributed by atoms with Crippen molar-refractivity contribution in [1.82, 2.24) is 4.90 Å². The molecule has 4 atom stereocenters. The topological polar surface area (TPSA) is 46.3 Å². The first kappa shape index (κ1) is 11.9. The quantitative estimate of drug-likeness (QED) is 0.735. The van der Waals surface area contributed by atoms with Gasteiger partial charge in [-0.2, -0.15) is 0 Å². The van der Waals surface area contributed by atoms with Crippen LogP contribution in [0, 0.1) is 17.8 Å². The molecule has 16 heavy (non-hydrogen) atoms. The van der Waals surface area contributed by atoms with Crippen molar-refractivity contribution in [1.29, 1.82) is 0 Å². The van der Waals surface area contributed by atoms with E-state index in [9.17, 15) is 4.79 Å². The number of nitrogens with zero attached hydrogens (tertiary/aromatic N) is 1. The van der Waals surface area contributed by atoms with Crippen LogP contribution >= 0.6 is 0 Å². The summed E-state index contributed by atoms with van der Waals surface area (Å²) < 4.78 is 0. The van der Waals surface area contributed by atoms with Crippen LogP contribution in [0.15, 0.2) is 0 Å². The molecular formula is C13H24N2O. The molecule has 1 saturated carbocycles. The molecule has 2 N–H and O–H groups in total. The zero-order chi connectivity index (χ0) is 11.7. The summed E-state index contributed by atoms with van der Waals surface area (Å²) in [4.78, 5) is 14.4. The number of carbonyl (C=O) groups is 1. The molecule has 0 aromatic rings. The summed E-state index contributed by atoms with van der Waals surface area (Å²) in [5, 5.41) is 0. The number of hydrogen-bond acceptors (Lipinski definition) is 2. The Bertz CT molecular complexity index is 267. The number of likely N-dealkylation sites (tertiary alicyclic amines) is 1. The van der Waals surface area contributed by atoms with Gasteiger partial charge in [0.25, 0.3) is 0 Å². The summed E-state index contributed by atoms with van der Waals surface area (Å²) in [7, 11) is 0. The predicted molar refractivity (Wildman–Crippen MR) is 64.8 cm³/mol. The molecule has 0 aromatic carbocycles.